The molecule has 2 aromatic heterocycles. The second kappa shape index (κ2) is 27.5. The summed E-state index contributed by atoms with van der Waals surface area (Å²) in [6.45, 7) is 30.8. The highest BCUT2D eigenvalue weighted by Gasteiger charge is 2.42. The van der Waals surface area contributed by atoms with Crippen LogP contribution in [-0.4, -0.2) is 197 Å². The maximum absolute atomic E-state index is 13.2. The molecule has 5 atom stereocenters. The molecule has 448 valence electrons. The Morgan fingerprint density at radius 2 is 1.07 bits per heavy atom. The lowest BCUT2D eigenvalue weighted by Crippen LogP contribution is -2.52. The number of fused-ring (bicyclic) bond motifs is 2. The fraction of sp³-hybridized carbons (Fsp3) is 0.531. The summed E-state index contributed by atoms with van der Waals surface area (Å²) in [6.07, 6.45) is 5.10. The van der Waals surface area contributed by atoms with Crippen LogP contribution in [0.2, 0.25) is 0 Å². The molecule has 3 aromatic carbocycles. The first-order valence-electron chi connectivity index (χ1n) is 29.7. The van der Waals surface area contributed by atoms with E-state index < -0.39 is 11.0 Å². The van der Waals surface area contributed by atoms with E-state index in [1.807, 2.05) is 34.3 Å². The average molecular weight is 1180 g/mol. The van der Waals surface area contributed by atoms with Gasteiger partial charge in [0.2, 0.25) is 11.8 Å². The molecule has 8 heterocycles. The summed E-state index contributed by atoms with van der Waals surface area (Å²) in [5.74, 6) is -0.207. The Hall–Kier alpha value is -5.06. The quantitative estimate of drug-likeness (QED) is 0.120. The van der Waals surface area contributed by atoms with Gasteiger partial charge in [0, 0.05) is 144 Å². The van der Waals surface area contributed by atoms with Crippen LogP contribution in [0.3, 0.4) is 0 Å². The highest BCUT2D eigenvalue weighted by Crippen LogP contribution is 2.41. The monoisotopic (exact) mass is 1170 g/mol. The molecule has 6 aliphatic rings. The van der Waals surface area contributed by atoms with Crippen LogP contribution in [0.25, 0.3) is 0 Å². The van der Waals surface area contributed by atoms with E-state index >= 15 is 0 Å². The van der Waals surface area contributed by atoms with Crippen molar-refractivity contribution in [3.05, 3.63) is 143 Å². The standard InChI is InChI=1S/2C23H29FN4O.C18H30N4OS2/c2*1-16-13-27(9-8-25-16)14-21(29)28-15-23(2,3)22-20(28)11-18(12-26-22)10-17-4-6-19(24)7-5-17;1-15-13-21(10-8-19(15)3)24-17-6-5-7-18(12-17)25(23)22-11-9-20(4)16(2)14-22/h2*4-7,11-12,16,25H,8-10,13-15H2,1-3H3;5-7,12,15-16H,8-11,13-14H2,1-4H3. The van der Waals surface area contributed by atoms with Gasteiger partial charge in [-0.25, -0.2) is 21.6 Å². The summed E-state index contributed by atoms with van der Waals surface area (Å²) in [7, 11) is 3.26. The maximum Gasteiger partial charge on any atom is 0.241 e. The molecule has 83 heavy (non-hydrogen) atoms. The summed E-state index contributed by atoms with van der Waals surface area (Å²) in [4.78, 5) is 50.9. The van der Waals surface area contributed by atoms with Crippen LogP contribution in [0.5, 0.6) is 0 Å². The number of halogens is 2. The summed E-state index contributed by atoms with van der Waals surface area (Å²) >= 11 is 1.79. The minimum Gasteiger partial charge on any atom is -0.312 e. The second-order valence-electron chi connectivity index (χ2n) is 25.2. The zero-order valence-electron chi connectivity index (χ0n) is 50.5. The van der Waals surface area contributed by atoms with Gasteiger partial charge in [-0.1, -0.05) is 58.0 Å². The molecule has 11 rings (SSSR count). The topological polar surface area (TPSA) is 127 Å². The normalized spacial score (nSPS) is 23.6. The molecule has 19 heteroatoms. The van der Waals surface area contributed by atoms with Crippen molar-refractivity contribution in [1.29, 1.82) is 0 Å². The number of hydrogen-bond acceptors (Lipinski definition) is 13. The molecule has 2 amide bonds. The first-order chi connectivity index (χ1) is 39.6. The Labute approximate surface area is 499 Å². The van der Waals surface area contributed by atoms with Crippen molar-refractivity contribution >= 4 is 46.1 Å². The summed E-state index contributed by atoms with van der Waals surface area (Å²) in [5.41, 5.74) is 7.56. The molecule has 4 saturated heterocycles. The number of aromatic nitrogens is 2. The number of anilines is 2. The molecular formula is C64H88F2N12O3S2. The van der Waals surface area contributed by atoms with Gasteiger partial charge in [-0.05, 0) is 143 Å². The van der Waals surface area contributed by atoms with Crippen LogP contribution in [0.4, 0.5) is 20.2 Å². The third kappa shape index (κ3) is 16.3. The van der Waals surface area contributed by atoms with Gasteiger partial charge in [-0.15, -0.1) is 0 Å². The number of carbonyl (C=O) groups is 2. The van der Waals surface area contributed by atoms with Gasteiger partial charge >= 0.3 is 0 Å². The number of nitrogens with one attached hydrogen (secondary N) is 2. The number of rotatable bonds is 12. The number of piperazine rings is 4. The lowest BCUT2D eigenvalue weighted by molar-refractivity contribution is -0.120. The highest BCUT2D eigenvalue weighted by atomic mass is 32.2. The Morgan fingerprint density at radius 1 is 0.602 bits per heavy atom. The van der Waals surface area contributed by atoms with Crippen molar-refractivity contribution in [3.8, 4) is 0 Å². The number of likely N-dealkylation sites (N-methyl/N-ethyl adjacent to an activating group) is 2. The number of carbonyl (C=O) groups excluding carboxylic acids is 2. The molecule has 0 aliphatic carbocycles. The minimum absolute atomic E-state index is 0.131. The molecule has 5 unspecified atom stereocenters. The van der Waals surface area contributed by atoms with E-state index in [1.54, 1.807) is 36.2 Å². The lowest BCUT2D eigenvalue weighted by atomic mass is 9.91. The summed E-state index contributed by atoms with van der Waals surface area (Å²) < 4.78 is 43.9. The van der Waals surface area contributed by atoms with Gasteiger partial charge in [-0.2, -0.15) is 0 Å². The SMILES string of the molecule is CC1CN(CC(=O)N2CC(C)(C)c3ncc(Cc4ccc(F)cc4)cc32)CCN1.CC1CN(CC(=O)N2CC(C)(C)c3ncc(Cc4ccc(F)cc4)cc32)CCN1.CC1CN(Sc2cccc(S(=O)N3CCN(C)C(C)C3)c2)CCN1C. The largest absolute Gasteiger partial charge is 0.312 e. The molecular weight excluding hydrogens is 1090 g/mol. The van der Waals surface area contributed by atoms with Gasteiger partial charge < -0.3 is 30.2 Å². The predicted octanol–water partition coefficient (Wildman–Crippen LogP) is 7.45. The highest BCUT2D eigenvalue weighted by molar-refractivity contribution is 7.97. The zero-order valence-corrected chi connectivity index (χ0v) is 52.2. The van der Waals surface area contributed by atoms with Crippen molar-refractivity contribution in [2.75, 3.05) is 129 Å². The van der Waals surface area contributed by atoms with E-state index in [2.05, 4.69) is 133 Å². The molecule has 0 bridgehead atoms. The first-order valence-corrected chi connectivity index (χ1v) is 31.6. The van der Waals surface area contributed by atoms with Crippen molar-refractivity contribution in [1.82, 2.24) is 48.8 Å². The van der Waals surface area contributed by atoms with Crippen LogP contribution >= 0.6 is 11.9 Å². The van der Waals surface area contributed by atoms with Gasteiger partial charge in [0.15, 0.2) is 0 Å². The van der Waals surface area contributed by atoms with Crippen LogP contribution in [0.15, 0.2) is 107 Å². The molecule has 2 N–H and O–H groups in total. The van der Waals surface area contributed by atoms with Crippen molar-refractivity contribution in [2.24, 2.45) is 0 Å². The fourth-order valence-electron chi connectivity index (χ4n) is 11.9. The van der Waals surface area contributed by atoms with E-state index in [0.717, 1.165) is 128 Å². The van der Waals surface area contributed by atoms with Crippen molar-refractivity contribution < 1.29 is 22.6 Å². The Morgan fingerprint density at radius 3 is 1.53 bits per heavy atom. The Balaban J connectivity index is 0.000000150. The van der Waals surface area contributed by atoms with Crippen LogP contribution in [-0.2, 0) is 44.2 Å². The summed E-state index contributed by atoms with van der Waals surface area (Å²) in [5, 5.41) is 6.84. The maximum atomic E-state index is 13.2. The van der Waals surface area contributed by atoms with E-state index in [-0.39, 0.29) is 34.3 Å². The van der Waals surface area contributed by atoms with E-state index in [4.69, 9.17) is 9.97 Å². The molecule has 4 fully saturated rings. The number of amides is 2. The predicted molar refractivity (Wildman–Crippen MR) is 331 cm³/mol. The van der Waals surface area contributed by atoms with E-state index in [1.165, 1.54) is 29.2 Å². The lowest BCUT2D eigenvalue weighted by Gasteiger charge is -2.37. The fourth-order valence-corrected chi connectivity index (χ4v) is 14.4. The smallest absolute Gasteiger partial charge is 0.241 e. The second-order valence-corrected chi connectivity index (χ2v) is 27.8. The average Bonchev–Trinajstić information content (AvgIpc) is 2.75. The van der Waals surface area contributed by atoms with Crippen molar-refractivity contribution in [3.63, 3.8) is 0 Å². The van der Waals surface area contributed by atoms with E-state index in [0.29, 0.717) is 63.2 Å². The van der Waals surface area contributed by atoms with Crippen LogP contribution in [0, 0.1) is 11.6 Å². The number of pyridine rings is 2. The molecule has 0 saturated carbocycles. The zero-order chi connectivity index (χ0) is 59.2. The third-order valence-corrected chi connectivity index (χ3v) is 19.5. The molecule has 5 aromatic rings. The minimum atomic E-state index is -1.07. The Bertz CT molecular complexity index is 2900. The van der Waals surface area contributed by atoms with Gasteiger partial charge in [0.25, 0.3) is 0 Å². The molecule has 15 nitrogen and oxygen atoms in total. The van der Waals surface area contributed by atoms with Gasteiger partial charge in [-0.3, -0.25) is 29.4 Å². The number of hydrogen-bond donors (Lipinski definition) is 2. The van der Waals surface area contributed by atoms with Crippen LogP contribution < -0.4 is 20.4 Å². The van der Waals surface area contributed by atoms with Crippen molar-refractivity contribution in [2.45, 2.75) is 113 Å². The molecule has 0 radical (unpaired) electrons. The number of nitrogens with zero attached hydrogens (tertiary/aromatic N) is 10. The van der Waals surface area contributed by atoms with Gasteiger partial charge in [0.1, 0.15) is 22.6 Å². The van der Waals surface area contributed by atoms with E-state index in [9.17, 15) is 22.6 Å². The summed E-state index contributed by atoms with van der Waals surface area (Å²) in [6, 6.07) is 27.3. The van der Waals surface area contributed by atoms with Crippen LogP contribution in [0.1, 0.15) is 89.0 Å². The third-order valence-electron chi connectivity index (χ3n) is 17.0. The first kappa shape index (κ1) is 62.5. The molecule has 6 aliphatic heterocycles. The number of benzene rings is 3. The van der Waals surface area contributed by atoms with Gasteiger partial charge in [0.05, 0.1) is 40.7 Å². The Kier molecular flexibility index (Phi) is 20.7. The molecule has 0 spiro atoms.